The predicted octanol–water partition coefficient (Wildman–Crippen LogP) is 3.85. The molecule has 0 bridgehead atoms. The van der Waals surface area contributed by atoms with Gasteiger partial charge in [0.25, 0.3) is 0 Å². The van der Waals surface area contributed by atoms with E-state index in [9.17, 15) is 9.59 Å². The smallest absolute Gasteiger partial charge is 0.246 e. The second-order valence-corrected chi connectivity index (χ2v) is 7.27. The van der Waals surface area contributed by atoms with Gasteiger partial charge in [-0.3, -0.25) is 9.59 Å². The quantitative estimate of drug-likeness (QED) is 0.565. The van der Waals surface area contributed by atoms with Gasteiger partial charge in [0.05, 0.1) is 0 Å². The first kappa shape index (κ1) is 18.4. The molecular weight excluding hydrogens is 392 g/mol. The summed E-state index contributed by atoms with van der Waals surface area (Å²) in [6.07, 6.45) is 2.74. The van der Waals surface area contributed by atoms with E-state index < -0.39 is 0 Å². The van der Waals surface area contributed by atoms with Crippen LogP contribution in [0.5, 0.6) is 0 Å². The molecule has 1 saturated heterocycles. The highest BCUT2D eigenvalue weighted by molar-refractivity contribution is 9.10. The first-order valence-electron chi connectivity index (χ1n) is 8.61. The van der Waals surface area contributed by atoms with E-state index in [0.29, 0.717) is 18.7 Å². The van der Waals surface area contributed by atoms with Crippen molar-refractivity contribution >= 4 is 33.3 Å². The molecule has 0 unspecified atom stereocenters. The van der Waals surface area contributed by atoms with Crippen molar-refractivity contribution in [2.45, 2.75) is 6.92 Å². The summed E-state index contributed by atoms with van der Waals surface area (Å²) in [6.45, 7) is 4.98. The molecule has 0 aliphatic carbocycles. The highest BCUT2D eigenvalue weighted by Gasteiger charge is 2.20. The van der Waals surface area contributed by atoms with E-state index in [4.69, 9.17) is 0 Å². The van der Waals surface area contributed by atoms with Crippen LogP contribution >= 0.6 is 15.9 Å². The van der Waals surface area contributed by atoms with E-state index >= 15 is 0 Å². The molecular formula is C21H21BrN2O2. The van der Waals surface area contributed by atoms with Crippen molar-refractivity contribution in [1.82, 2.24) is 4.90 Å². The van der Waals surface area contributed by atoms with Crippen molar-refractivity contribution in [3.8, 4) is 0 Å². The van der Waals surface area contributed by atoms with Crippen LogP contribution < -0.4 is 4.90 Å². The number of anilines is 1. The lowest BCUT2D eigenvalue weighted by molar-refractivity contribution is -0.126. The summed E-state index contributed by atoms with van der Waals surface area (Å²) in [4.78, 5) is 28.6. The lowest BCUT2D eigenvalue weighted by Crippen LogP contribution is -2.48. The molecule has 0 radical (unpaired) electrons. The van der Waals surface area contributed by atoms with E-state index in [1.807, 2.05) is 12.1 Å². The maximum atomic E-state index is 12.3. The Labute approximate surface area is 162 Å². The van der Waals surface area contributed by atoms with Gasteiger partial charge in [0.2, 0.25) is 5.91 Å². The van der Waals surface area contributed by atoms with Crippen LogP contribution in [0.4, 0.5) is 5.69 Å². The Kier molecular flexibility index (Phi) is 5.89. The van der Waals surface area contributed by atoms with Crippen molar-refractivity contribution in [3.05, 3.63) is 76.3 Å². The number of amides is 1. The Morgan fingerprint density at radius 3 is 2.31 bits per heavy atom. The fourth-order valence-corrected chi connectivity index (χ4v) is 3.24. The first-order chi connectivity index (χ1) is 12.5. The standard InChI is InChI=1S/C21H21BrN2O2/c1-16-3-2-4-19(15-16)23-11-13-24(14-12-23)21(26)10-9-20(25)17-5-7-18(22)8-6-17/h2-10,15H,11-14H2,1H3/b10-9+. The molecule has 1 aliphatic rings. The number of hydrogen-bond acceptors (Lipinski definition) is 3. The van der Waals surface area contributed by atoms with Crippen molar-refractivity contribution in [2.75, 3.05) is 31.1 Å². The van der Waals surface area contributed by atoms with Gasteiger partial charge in [-0.1, -0.05) is 28.1 Å². The van der Waals surface area contributed by atoms with Gasteiger partial charge >= 0.3 is 0 Å². The molecule has 3 rings (SSSR count). The van der Waals surface area contributed by atoms with E-state index in [-0.39, 0.29) is 11.7 Å². The largest absolute Gasteiger partial charge is 0.368 e. The lowest BCUT2D eigenvalue weighted by atomic mass is 10.1. The second-order valence-electron chi connectivity index (χ2n) is 6.36. The van der Waals surface area contributed by atoms with Crippen molar-refractivity contribution in [1.29, 1.82) is 0 Å². The maximum Gasteiger partial charge on any atom is 0.246 e. The van der Waals surface area contributed by atoms with Gasteiger partial charge in [0.1, 0.15) is 0 Å². The number of rotatable bonds is 4. The number of halogens is 1. The number of piperazine rings is 1. The van der Waals surface area contributed by atoms with Crippen molar-refractivity contribution in [3.63, 3.8) is 0 Å². The lowest BCUT2D eigenvalue weighted by Gasteiger charge is -2.35. The zero-order valence-corrected chi connectivity index (χ0v) is 16.3. The second kappa shape index (κ2) is 8.32. The fourth-order valence-electron chi connectivity index (χ4n) is 2.97. The van der Waals surface area contributed by atoms with Crippen LogP contribution in [0.3, 0.4) is 0 Å². The molecule has 1 heterocycles. The number of allylic oxidation sites excluding steroid dienone is 1. The SMILES string of the molecule is Cc1cccc(N2CCN(C(=O)/C=C/C(=O)c3ccc(Br)cc3)CC2)c1. The number of carbonyl (C=O) groups excluding carboxylic acids is 2. The molecule has 0 spiro atoms. The molecule has 5 heteroatoms. The molecule has 0 saturated carbocycles. The van der Waals surface area contributed by atoms with E-state index in [1.165, 1.54) is 23.4 Å². The molecule has 1 fully saturated rings. The van der Waals surface area contributed by atoms with Crippen LogP contribution in [0.15, 0.2) is 65.2 Å². The minimum Gasteiger partial charge on any atom is -0.368 e. The number of ketones is 1. The molecule has 134 valence electrons. The van der Waals surface area contributed by atoms with Crippen molar-refractivity contribution in [2.24, 2.45) is 0 Å². The zero-order chi connectivity index (χ0) is 18.5. The summed E-state index contributed by atoms with van der Waals surface area (Å²) in [5.74, 6) is -0.274. The Balaban J connectivity index is 1.55. The number of hydrogen-bond donors (Lipinski definition) is 0. The van der Waals surface area contributed by atoms with E-state index in [2.05, 4.69) is 52.0 Å². The van der Waals surface area contributed by atoms with Crippen LogP contribution in [0.25, 0.3) is 0 Å². The van der Waals surface area contributed by atoms with Gasteiger partial charge in [0, 0.05) is 48.0 Å². The molecule has 26 heavy (non-hydrogen) atoms. The highest BCUT2D eigenvalue weighted by atomic mass is 79.9. The average molecular weight is 413 g/mol. The zero-order valence-electron chi connectivity index (χ0n) is 14.7. The molecule has 1 amide bonds. The van der Waals surface area contributed by atoms with Crippen LogP contribution in [-0.2, 0) is 4.79 Å². The Morgan fingerprint density at radius 2 is 1.65 bits per heavy atom. The molecule has 4 nitrogen and oxygen atoms in total. The molecule has 0 aromatic heterocycles. The molecule has 0 N–H and O–H groups in total. The van der Waals surface area contributed by atoms with Crippen LogP contribution in [0, 0.1) is 6.92 Å². The van der Waals surface area contributed by atoms with Crippen LogP contribution in [0.1, 0.15) is 15.9 Å². The van der Waals surface area contributed by atoms with Crippen LogP contribution in [0.2, 0.25) is 0 Å². The third-order valence-electron chi connectivity index (χ3n) is 4.46. The third kappa shape index (κ3) is 4.61. The van der Waals surface area contributed by atoms with Gasteiger partial charge in [0.15, 0.2) is 5.78 Å². The van der Waals surface area contributed by atoms with Crippen LogP contribution in [-0.4, -0.2) is 42.8 Å². The van der Waals surface area contributed by atoms with E-state index in [0.717, 1.165) is 17.6 Å². The average Bonchev–Trinajstić information content (AvgIpc) is 2.66. The summed E-state index contributed by atoms with van der Waals surface area (Å²) < 4.78 is 0.917. The minimum atomic E-state index is -0.163. The summed E-state index contributed by atoms with van der Waals surface area (Å²) in [7, 11) is 0. The summed E-state index contributed by atoms with van der Waals surface area (Å²) >= 11 is 3.34. The summed E-state index contributed by atoms with van der Waals surface area (Å²) in [5.41, 5.74) is 3.00. The molecule has 2 aromatic carbocycles. The molecule has 0 atom stereocenters. The Bertz CT molecular complexity index is 822. The third-order valence-corrected chi connectivity index (χ3v) is 4.99. The fraction of sp³-hybridized carbons (Fsp3) is 0.238. The van der Waals surface area contributed by atoms with Gasteiger partial charge in [-0.2, -0.15) is 0 Å². The van der Waals surface area contributed by atoms with Gasteiger partial charge < -0.3 is 9.80 Å². The topological polar surface area (TPSA) is 40.6 Å². The minimum absolute atomic E-state index is 0.112. The Morgan fingerprint density at radius 1 is 0.962 bits per heavy atom. The first-order valence-corrected chi connectivity index (χ1v) is 9.41. The number of benzene rings is 2. The van der Waals surface area contributed by atoms with Gasteiger partial charge in [-0.25, -0.2) is 0 Å². The number of nitrogens with zero attached hydrogens (tertiary/aromatic N) is 2. The molecule has 1 aliphatic heterocycles. The van der Waals surface area contributed by atoms with Gasteiger partial charge in [-0.05, 0) is 55.0 Å². The predicted molar refractivity (Wildman–Crippen MR) is 108 cm³/mol. The molecule has 2 aromatic rings. The monoisotopic (exact) mass is 412 g/mol. The van der Waals surface area contributed by atoms with Crippen molar-refractivity contribution < 1.29 is 9.59 Å². The van der Waals surface area contributed by atoms with Gasteiger partial charge in [-0.15, -0.1) is 0 Å². The van der Waals surface area contributed by atoms with E-state index in [1.54, 1.807) is 17.0 Å². The maximum absolute atomic E-state index is 12.3. The number of aryl methyl sites for hydroxylation is 1. The normalized spacial score (nSPS) is 14.7. The summed E-state index contributed by atoms with van der Waals surface area (Å²) in [6, 6.07) is 15.5. The summed E-state index contributed by atoms with van der Waals surface area (Å²) in [5, 5.41) is 0. The Hall–Kier alpha value is -2.40. The number of carbonyl (C=O) groups is 2. The highest BCUT2D eigenvalue weighted by Crippen LogP contribution is 2.18.